The topological polar surface area (TPSA) is 55.4 Å². The van der Waals surface area contributed by atoms with Crippen LogP contribution in [0.15, 0.2) is 35.7 Å². The van der Waals surface area contributed by atoms with Crippen LogP contribution in [-0.2, 0) is 32.9 Å². The normalized spacial score (nSPS) is 12.7. The monoisotopic (exact) mass is 361 g/mol. The molecule has 0 fully saturated rings. The molecule has 0 saturated carbocycles. The van der Waals surface area contributed by atoms with Gasteiger partial charge < -0.3 is 10.1 Å². The summed E-state index contributed by atoms with van der Waals surface area (Å²) in [5, 5.41) is 4.80. The molecule has 126 valence electrons. The average Bonchev–Trinajstić information content (AvgIpc) is 3.24. The summed E-state index contributed by atoms with van der Waals surface area (Å²) < 4.78 is 5.02. The van der Waals surface area contributed by atoms with Gasteiger partial charge in [0.1, 0.15) is 0 Å². The van der Waals surface area contributed by atoms with Crippen molar-refractivity contribution in [3.63, 3.8) is 0 Å². The van der Waals surface area contributed by atoms with E-state index in [0.29, 0.717) is 0 Å². The van der Waals surface area contributed by atoms with E-state index in [-0.39, 0.29) is 24.2 Å². The van der Waals surface area contributed by atoms with Crippen LogP contribution in [0.2, 0.25) is 0 Å². The second-order valence-electron chi connectivity index (χ2n) is 5.62. The van der Waals surface area contributed by atoms with Gasteiger partial charge >= 0.3 is 5.97 Å². The lowest BCUT2D eigenvalue weighted by Gasteiger charge is -2.08. The Bertz CT molecular complexity index is 713. The van der Waals surface area contributed by atoms with Gasteiger partial charge in [-0.25, -0.2) is 0 Å². The van der Waals surface area contributed by atoms with Crippen molar-refractivity contribution >= 4 is 40.7 Å². The summed E-state index contributed by atoms with van der Waals surface area (Å²) in [7, 11) is 0. The van der Waals surface area contributed by atoms with Crippen LogP contribution in [0.5, 0.6) is 0 Å². The number of ether oxygens (including phenoxy) is 1. The molecule has 1 heterocycles. The minimum absolute atomic E-state index is 0.241. The Morgan fingerprint density at radius 2 is 2.08 bits per heavy atom. The molecule has 4 nitrogen and oxygen atoms in total. The van der Waals surface area contributed by atoms with Gasteiger partial charge in [-0.3, -0.25) is 9.59 Å². The van der Waals surface area contributed by atoms with Crippen molar-refractivity contribution in [2.45, 2.75) is 25.0 Å². The third-order valence-corrected chi connectivity index (χ3v) is 5.80. The molecule has 0 saturated heterocycles. The summed E-state index contributed by atoms with van der Waals surface area (Å²) in [6.07, 6.45) is 3.35. The van der Waals surface area contributed by atoms with E-state index in [9.17, 15) is 9.59 Å². The largest absolute Gasteiger partial charge is 0.455 e. The van der Waals surface area contributed by atoms with Crippen LogP contribution in [0.3, 0.4) is 0 Å². The molecular formula is C18H19NO3S2. The highest BCUT2D eigenvalue weighted by Crippen LogP contribution is 2.24. The Balaban J connectivity index is 1.36. The van der Waals surface area contributed by atoms with E-state index >= 15 is 0 Å². The Hall–Kier alpha value is -1.79. The van der Waals surface area contributed by atoms with Crippen LogP contribution < -0.4 is 5.32 Å². The average molecular weight is 361 g/mol. The first-order valence-electron chi connectivity index (χ1n) is 7.88. The number of thioether (sulfide) groups is 1. The van der Waals surface area contributed by atoms with E-state index in [4.69, 9.17) is 4.74 Å². The number of fused-ring (bicyclic) bond motifs is 1. The number of aryl methyl sites for hydroxylation is 2. The first-order chi connectivity index (χ1) is 11.7. The van der Waals surface area contributed by atoms with E-state index in [1.165, 1.54) is 34.2 Å². The van der Waals surface area contributed by atoms with Crippen LogP contribution in [0.1, 0.15) is 22.4 Å². The number of hydrogen-bond acceptors (Lipinski definition) is 5. The first-order valence-corrected chi connectivity index (χ1v) is 9.91. The van der Waals surface area contributed by atoms with Gasteiger partial charge in [0.05, 0.1) is 5.75 Å². The molecule has 0 radical (unpaired) electrons. The van der Waals surface area contributed by atoms with E-state index in [1.807, 2.05) is 29.6 Å². The van der Waals surface area contributed by atoms with Gasteiger partial charge in [0.2, 0.25) is 0 Å². The van der Waals surface area contributed by atoms with Crippen LogP contribution in [0.4, 0.5) is 5.69 Å². The van der Waals surface area contributed by atoms with Gasteiger partial charge in [-0.1, -0.05) is 12.1 Å². The quantitative estimate of drug-likeness (QED) is 0.765. The third kappa shape index (κ3) is 4.85. The second kappa shape index (κ2) is 8.35. The lowest BCUT2D eigenvalue weighted by Crippen LogP contribution is -2.21. The molecule has 1 aromatic carbocycles. The molecule has 0 unspecified atom stereocenters. The standard InChI is InChI=1S/C18H19NO3S2/c20-17(19-15-7-6-13-3-1-4-14(13)9-15)10-22-18(21)12-23-11-16-5-2-8-24-16/h2,5-9H,1,3-4,10-12H2,(H,19,20). The minimum atomic E-state index is -0.361. The van der Waals surface area contributed by atoms with Gasteiger partial charge in [-0.2, -0.15) is 0 Å². The Morgan fingerprint density at radius 3 is 2.92 bits per heavy atom. The van der Waals surface area contributed by atoms with E-state index in [2.05, 4.69) is 11.4 Å². The SMILES string of the molecule is O=C(COC(=O)CSCc1cccs1)Nc1ccc2c(c1)CCC2. The maximum absolute atomic E-state index is 11.9. The minimum Gasteiger partial charge on any atom is -0.455 e. The number of carbonyl (C=O) groups excluding carboxylic acids is 2. The Morgan fingerprint density at radius 1 is 1.21 bits per heavy atom. The van der Waals surface area contributed by atoms with Gasteiger partial charge in [0.25, 0.3) is 5.91 Å². The number of carbonyl (C=O) groups is 2. The predicted molar refractivity (Wildman–Crippen MR) is 98.5 cm³/mol. The Kier molecular flexibility index (Phi) is 5.93. The second-order valence-corrected chi connectivity index (χ2v) is 7.64. The number of thiophene rings is 1. The highest BCUT2D eigenvalue weighted by atomic mass is 32.2. The molecule has 1 aromatic heterocycles. The van der Waals surface area contributed by atoms with Crippen LogP contribution in [0.25, 0.3) is 0 Å². The summed E-state index contributed by atoms with van der Waals surface area (Å²) in [5.74, 6) is 0.378. The van der Waals surface area contributed by atoms with Crippen LogP contribution in [0, 0.1) is 0 Å². The Labute approximate surface area is 149 Å². The fourth-order valence-corrected chi connectivity index (χ4v) is 4.32. The highest BCUT2D eigenvalue weighted by molar-refractivity contribution is 7.99. The molecule has 1 amide bonds. The van der Waals surface area contributed by atoms with Crippen molar-refractivity contribution in [3.05, 3.63) is 51.7 Å². The lowest BCUT2D eigenvalue weighted by molar-refractivity contribution is -0.144. The fraction of sp³-hybridized carbons (Fsp3) is 0.333. The number of rotatable bonds is 7. The molecule has 24 heavy (non-hydrogen) atoms. The zero-order valence-electron chi connectivity index (χ0n) is 13.2. The number of amides is 1. The van der Waals surface area contributed by atoms with Crippen molar-refractivity contribution in [2.24, 2.45) is 0 Å². The van der Waals surface area contributed by atoms with Crippen molar-refractivity contribution in [2.75, 3.05) is 17.7 Å². The van der Waals surface area contributed by atoms with Crippen molar-refractivity contribution < 1.29 is 14.3 Å². The third-order valence-electron chi connectivity index (χ3n) is 3.79. The number of benzene rings is 1. The molecule has 2 aromatic rings. The summed E-state index contributed by atoms with van der Waals surface area (Å²) in [6.45, 7) is -0.241. The molecule has 3 rings (SSSR count). The molecule has 6 heteroatoms. The molecule has 0 spiro atoms. The smallest absolute Gasteiger partial charge is 0.316 e. The molecule has 1 aliphatic carbocycles. The summed E-state index contributed by atoms with van der Waals surface area (Å²) in [6, 6.07) is 10.0. The lowest BCUT2D eigenvalue weighted by atomic mass is 10.1. The summed E-state index contributed by atoms with van der Waals surface area (Å²) >= 11 is 3.16. The maximum atomic E-state index is 11.9. The van der Waals surface area contributed by atoms with Crippen molar-refractivity contribution in [1.29, 1.82) is 0 Å². The number of esters is 1. The van der Waals surface area contributed by atoms with E-state index in [1.54, 1.807) is 11.3 Å². The van der Waals surface area contributed by atoms with Crippen molar-refractivity contribution in [3.8, 4) is 0 Å². The molecule has 0 atom stereocenters. The van der Waals surface area contributed by atoms with Crippen LogP contribution >= 0.6 is 23.1 Å². The molecule has 0 aliphatic heterocycles. The van der Waals surface area contributed by atoms with Crippen molar-refractivity contribution in [1.82, 2.24) is 0 Å². The highest BCUT2D eigenvalue weighted by Gasteiger charge is 2.13. The number of hydrogen-bond donors (Lipinski definition) is 1. The van der Waals surface area contributed by atoms with Gasteiger partial charge in [-0.05, 0) is 54.0 Å². The first kappa shape index (κ1) is 17.0. The van der Waals surface area contributed by atoms with E-state index in [0.717, 1.165) is 24.3 Å². The number of nitrogens with one attached hydrogen (secondary N) is 1. The molecule has 0 bridgehead atoms. The van der Waals surface area contributed by atoms with Gasteiger partial charge in [0.15, 0.2) is 6.61 Å². The molecular weight excluding hydrogens is 342 g/mol. The molecule has 1 N–H and O–H groups in total. The van der Waals surface area contributed by atoms with E-state index < -0.39 is 0 Å². The van der Waals surface area contributed by atoms with Gasteiger partial charge in [0, 0.05) is 16.3 Å². The predicted octanol–water partition coefficient (Wildman–Crippen LogP) is 3.65. The number of anilines is 1. The van der Waals surface area contributed by atoms with Gasteiger partial charge in [-0.15, -0.1) is 23.1 Å². The fourth-order valence-electron chi connectivity index (χ4n) is 2.66. The molecule has 1 aliphatic rings. The summed E-state index contributed by atoms with van der Waals surface area (Å²) in [4.78, 5) is 24.8. The summed E-state index contributed by atoms with van der Waals surface area (Å²) in [5.41, 5.74) is 3.43. The zero-order valence-corrected chi connectivity index (χ0v) is 14.9. The zero-order chi connectivity index (χ0) is 16.8. The van der Waals surface area contributed by atoms with Crippen LogP contribution in [-0.4, -0.2) is 24.2 Å². The maximum Gasteiger partial charge on any atom is 0.316 e.